The summed E-state index contributed by atoms with van der Waals surface area (Å²) in [5, 5.41) is 11.8. The first-order valence-electron chi connectivity index (χ1n) is 7.61. The van der Waals surface area contributed by atoms with Crippen LogP contribution >= 0.6 is 0 Å². The summed E-state index contributed by atoms with van der Waals surface area (Å²) >= 11 is 0. The zero-order valence-corrected chi connectivity index (χ0v) is 14.0. The Hall–Kier alpha value is -2.75. The van der Waals surface area contributed by atoms with E-state index in [0.717, 1.165) is 5.56 Å². The molecule has 128 valence electrons. The van der Waals surface area contributed by atoms with Gasteiger partial charge in [-0.15, -0.1) is 0 Å². The van der Waals surface area contributed by atoms with Crippen molar-refractivity contribution in [3.05, 3.63) is 35.9 Å². The molecular weight excluding hydrogens is 310 g/mol. The lowest BCUT2D eigenvalue weighted by Gasteiger charge is -2.45. The van der Waals surface area contributed by atoms with Crippen molar-refractivity contribution in [3.8, 4) is 6.07 Å². The van der Waals surface area contributed by atoms with Gasteiger partial charge in [-0.3, -0.25) is 5.32 Å². The highest BCUT2D eigenvalue weighted by molar-refractivity contribution is 5.73. The minimum absolute atomic E-state index is 0.0683. The molecule has 1 heterocycles. The molecule has 1 aromatic carbocycles. The number of hydrogen-bond acceptors (Lipinski definition) is 5. The molecular formula is C17H21N3O4. The number of likely N-dealkylation sites (tertiary alicyclic amines) is 1. The predicted molar refractivity (Wildman–Crippen MR) is 85.9 cm³/mol. The summed E-state index contributed by atoms with van der Waals surface area (Å²) in [6.07, 6.45) is -1.20. The van der Waals surface area contributed by atoms with Crippen LogP contribution in [-0.4, -0.2) is 41.3 Å². The summed E-state index contributed by atoms with van der Waals surface area (Å²) in [4.78, 5) is 25.1. The third kappa shape index (κ3) is 4.62. The Bertz CT molecular complexity index is 640. The molecule has 7 nitrogen and oxygen atoms in total. The number of nitriles is 1. The van der Waals surface area contributed by atoms with E-state index >= 15 is 0 Å². The topological polar surface area (TPSA) is 91.7 Å². The van der Waals surface area contributed by atoms with Crippen LogP contribution in [-0.2, 0) is 16.1 Å². The molecule has 0 aromatic heterocycles. The molecule has 1 fully saturated rings. The fraction of sp³-hybridized carbons (Fsp3) is 0.471. The van der Waals surface area contributed by atoms with E-state index in [1.165, 1.54) is 4.90 Å². The lowest BCUT2D eigenvalue weighted by molar-refractivity contribution is -0.00545. The Kier molecular flexibility index (Phi) is 4.98. The fourth-order valence-electron chi connectivity index (χ4n) is 2.19. The van der Waals surface area contributed by atoms with Gasteiger partial charge in [0, 0.05) is 0 Å². The second kappa shape index (κ2) is 6.79. The maximum absolute atomic E-state index is 11.9. The molecule has 0 saturated carbocycles. The van der Waals surface area contributed by atoms with Gasteiger partial charge in [0.15, 0.2) is 5.54 Å². The van der Waals surface area contributed by atoms with E-state index < -0.39 is 23.3 Å². The molecule has 1 aliphatic rings. The zero-order chi connectivity index (χ0) is 17.8. The van der Waals surface area contributed by atoms with Crippen molar-refractivity contribution in [1.82, 2.24) is 10.2 Å². The molecule has 1 saturated heterocycles. The number of rotatable bonds is 3. The van der Waals surface area contributed by atoms with E-state index in [1.54, 1.807) is 20.8 Å². The van der Waals surface area contributed by atoms with E-state index in [1.807, 2.05) is 36.4 Å². The van der Waals surface area contributed by atoms with Crippen LogP contribution in [0.1, 0.15) is 26.3 Å². The van der Waals surface area contributed by atoms with E-state index in [2.05, 4.69) is 5.32 Å². The van der Waals surface area contributed by atoms with Crippen LogP contribution in [0.5, 0.6) is 0 Å². The predicted octanol–water partition coefficient (Wildman–Crippen LogP) is 2.43. The quantitative estimate of drug-likeness (QED) is 0.918. The molecule has 0 atom stereocenters. The Morgan fingerprint density at radius 1 is 1.29 bits per heavy atom. The Balaban J connectivity index is 1.82. The number of nitrogens with one attached hydrogen (secondary N) is 1. The van der Waals surface area contributed by atoms with Gasteiger partial charge in [0.2, 0.25) is 0 Å². The number of hydrogen-bond donors (Lipinski definition) is 1. The monoisotopic (exact) mass is 331 g/mol. The number of nitrogens with zero attached hydrogens (tertiary/aromatic N) is 2. The van der Waals surface area contributed by atoms with Gasteiger partial charge in [0.05, 0.1) is 19.2 Å². The van der Waals surface area contributed by atoms with Crippen LogP contribution in [0.15, 0.2) is 30.3 Å². The maximum Gasteiger partial charge on any atom is 0.410 e. The zero-order valence-electron chi connectivity index (χ0n) is 14.0. The number of benzene rings is 1. The standard InChI is InChI=1S/C17H21N3O4/c1-16(2,3)24-15(22)20-11-17(10-18,12-20)19-14(21)23-9-13-7-5-4-6-8-13/h4-8H,9,11-12H2,1-3H3,(H,19,21). The van der Waals surface area contributed by atoms with Crippen molar-refractivity contribution in [2.45, 2.75) is 38.5 Å². The number of alkyl carbamates (subject to hydrolysis) is 1. The molecule has 0 bridgehead atoms. The number of amides is 2. The van der Waals surface area contributed by atoms with Crippen LogP contribution in [0, 0.1) is 11.3 Å². The third-order valence-electron chi connectivity index (χ3n) is 3.34. The number of carbonyl (C=O) groups excluding carboxylic acids is 2. The van der Waals surface area contributed by atoms with Crippen LogP contribution < -0.4 is 5.32 Å². The molecule has 0 radical (unpaired) electrons. The van der Waals surface area contributed by atoms with Crippen molar-refractivity contribution < 1.29 is 19.1 Å². The molecule has 0 aliphatic carbocycles. The minimum Gasteiger partial charge on any atom is -0.445 e. The molecule has 1 aliphatic heterocycles. The smallest absolute Gasteiger partial charge is 0.410 e. The van der Waals surface area contributed by atoms with E-state index in [-0.39, 0.29) is 19.7 Å². The second-order valence-corrected chi connectivity index (χ2v) is 6.72. The van der Waals surface area contributed by atoms with Crippen LogP contribution in [0.3, 0.4) is 0 Å². The fourth-order valence-corrected chi connectivity index (χ4v) is 2.19. The molecule has 1 aromatic rings. The molecule has 0 unspecified atom stereocenters. The second-order valence-electron chi connectivity index (χ2n) is 6.72. The highest BCUT2D eigenvalue weighted by atomic mass is 16.6. The average molecular weight is 331 g/mol. The van der Waals surface area contributed by atoms with Crippen molar-refractivity contribution >= 4 is 12.2 Å². The first kappa shape index (κ1) is 17.6. The van der Waals surface area contributed by atoms with Crippen molar-refractivity contribution in [2.75, 3.05) is 13.1 Å². The first-order chi connectivity index (χ1) is 11.2. The first-order valence-corrected chi connectivity index (χ1v) is 7.61. The average Bonchev–Trinajstić information content (AvgIpc) is 2.47. The summed E-state index contributed by atoms with van der Waals surface area (Å²) in [5.41, 5.74) is -0.892. The van der Waals surface area contributed by atoms with E-state index in [4.69, 9.17) is 9.47 Å². The highest BCUT2D eigenvalue weighted by Gasteiger charge is 2.48. The van der Waals surface area contributed by atoms with Gasteiger partial charge >= 0.3 is 12.2 Å². The molecule has 24 heavy (non-hydrogen) atoms. The lowest BCUT2D eigenvalue weighted by Crippen LogP contribution is -2.71. The summed E-state index contributed by atoms with van der Waals surface area (Å²) in [7, 11) is 0. The van der Waals surface area contributed by atoms with E-state index in [9.17, 15) is 14.9 Å². The van der Waals surface area contributed by atoms with Gasteiger partial charge in [-0.2, -0.15) is 5.26 Å². The van der Waals surface area contributed by atoms with E-state index in [0.29, 0.717) is 0 Å². The molecule has 1 N–H and O–H groups in total. The van der Waals surface area contributed by atoms with Crippen LogP contribution in [0.25, 0.3) is 0 Å². The third-order valence-corrected chi connectivity index (χ3v) is 3.34. The van der Waals surface area contributed by atoms with Gasteiger partial charge in [-0.05, 0) is 26.3 Å². The minimum atomic E-state index is -1.13. The van der Waals surface area contributed by atoms with Crippen molar-refractivity contribution in [1.29, 1.82) is 5.26 Å². The summed E-state index contributed by atoms with van der Waals surface area (Å²) in [5.74, 6) is 0. The SMILES string of the molecule is CC(C)(C)OC(=O)N1CC(C#N)(NC(=O)OCc2ccccc2)C1. The Labute approximate surface area is 141 Å². The molecule has 2 amide bonds. The molecule has 2 rings (SSSR count). The van der Waals surface area contributed by atoms with Gasteiger partial charge in [0.1, 0.15) is 12.2 Å². The van der Waals surface area contributed by atoms with Gasteiger partial charge < -0.3 is 14.4 Å². The molecule has 7 heteroatoms. The number of carbonyl (C=O) groups is 2. The van der Waals surface area contributed by atoms with Gasteiger partial charge in [-0.1, -0.05) is 30.3 Å². The van der Waals surface area contributed by atoms with Crippen molar-refractivity contribution in [2.24, 2.45) is 0 Å². The Morgan fingerprint density at radius 3 is 2.46 bits per heavy atom. The highest BCUT2D eigenvalue weighted by Crippen LogP contribution is 2.23. The van der Waals surface area contributed by atoms with Crippen LogP contribution in [0.2, 0.25) is 0 Å². The normalized spacial score (nSPS) is 15.7. The van der Waals surface area contributed by atoms with Crippen molar-refractivity contribution in [3.63, 3.8) is 0 Å². The van der Waals surface area contributed by atoms with Crippen LogP contribution in [0.4, 0.5) is 9.59 Å². The van der Waals surface area contributed by atoms with Gasteiger partial charge in [0.25, 0.3) is 0 Å². The van der Waals surface area contributed by atoms with Gasteiger partial charge in [-0.25, -0.2) is 9.59 Å². The Morgan fingerprint density at radius 2 is 1.92 bits per heavy atom. The lowest BCUT2D eigenvalue weighted by atomic mass is 9.92. The number of ether oxygens (including phenoxy) is 2. The summed E-state index contributed by atoms with van der Waals surface area (Å²) < 4.78 is 10.3. The maximum atomic E-state index is 11.9. The summed E-state index contributed by atoms with van der Waals surface area (Å²) in [6, 6.07) is 11.3. The molecule has 0 spiro atoms. The summed E-state index contributed by atoms with van der Waals surface area (Å²) in [6.45, 7) is 5.55. The largest absolute Gasteiger partial charge is 0.445 e.